The molecule has 0 saturated carbocycles. The van der Waals surface area contributed by atoms with Crippen LogP contribution in [0.4, 0.5) is 10.5 Å². The Hall–Kier alpha value is -1.31. The number of sulfonamides is 1. The molecule has 1 aromatic carbocycles. The number of urea groups is 1. The molecule has 4 N–H and O–H groups in total. The maximum absolute atomic E-state index is 11.7. The van der Waals surface area contributed by atoms with Crippen LogP contribution in [0.3, 0.4) is 0 Å². The molecular weight excluding hydrogens is 314 g/mol. The van der Waals surface area contributed by atoms with Crippen molar-refractivity contribution in [1.29, 1.82) is 0 Å². The summed E-state index contributed by atoms with van der Waals surface area (Å²) < 4.78 is 23.3. The SMILES string of the molecule is CCCCc1c(NC(=O)NCCCl)cccc1S(N)(=O)=O. The number of primary sulfonamides is 1. The number of amides is 2. The van der Waals surface area contributed by atoms with Crippen LogP contribution < -0.4 is 15.8 Å². The van der Waals surface area contributed by atoms with Crippen LogP contribution in [0.15, 0.2) is 23.1 Å². The Kier molecular flexibility index (Phi) is 6.94. The van der Waals surface area contributed by atoms with Gasteiger partial charge in [-0.1, -0.05) is 19.4 Å². The smallest absolute Gasteiger partial charge is 0.319 e. The van der Waals surface area contributed by atoms with Crippen molar-refractivity contribution in [2.45, 2.75) is 31.1 Å². The zero-order valence-corrected chi connectivity index (χ0v) is 13.4. The summed E-state index contributed by atoms with van der Waals surface area (Å²) in [4.78, 5) is 11.7. The van der Waals surface area contributed by atoms with E-state index in [-0.39, 0.29) is 4.90 Å². The number of carbonyl (C=O) groups excluding carboxylic acids is 1. The van der Waals surface area contributed by atoms with Gasteiger partial charge in [0, 0.05) is 18.1 Å². The lowest BCUT2D eigenvalue weighted by atomic mass is 10.1. The maximum Gasteiger partial charge on any atom is 0.319 e. The van der Waals surface area contributed by atoms with Gasteiger partial charge in [-0.3, -0.25) is 0 Å². The van der Waals surface area contributed by atoms with Gasteiger partial charge < -0.3 is 10.6 Å². The van der Waals surface area contributed by atoms with Crippen molar-refractivity contribution in [3.63, 3.8) is 0 Å². The number of hydrogen-bond acceptors (Lipinski definition) is 3. The molecule has 1 aromatic rings. The molecule has 0 atom stereocenters. The molecule has 0 aliphatic heterocycles. The summed E-state index contributed by atoms with van der Waals surface area (Å²) in [6.45, 7) is 2.33. The average Bonchev–Trinajstić information content (AvgIpc) is 2.42. The summed E-state index contributed by atoms with van der Waals surface area (Å²) in [5, 5.41) is 10.4. The first-order valence-corrected chi connectivity index (χ1v) is 8.73. The number of hydrogen-bond donors (Lipinski definition) is 3. The lowest BCUT2D eigenvalue weighted by molar-refractivity contribution is 0.252. The van der Waals surface area contributed by atoms with Crippen molar-refractivity contribution in [2.75, 3.05) is 17.7 Å². The summed E-state index contributed by atoms with van der Waals surface area (Å²) in [5.41, 5.74) is 0.977. The molecule has 0 radical (unpaired) electrons. The van der Waals surface area contributed by atoms with Gasteiger partial charge in [-0.25, -0.2) is 18.4 Å². The van der Waals surface area contributed by atoms with Gasteiger partial charge in [0.2, 0.25) is 10.0 Å². The molecule has 0 aromatic heterocycles. The first kappa shape index (κ1) is 17.7. The second-order valence-corrected chi connectivity index (χ2v) is 6.41. The quantitative estimate of drug-likeness (QED) is 0.665. The Balaban J connectivity index is 3.09. The van der Waals surface area contributed by atoms with E-state index in [9.17, 15) is 13.2 Å². The highest BCUT2D eigenvalue weighted by Crippen LogP contribution is 2.25. The largest absolute Gasteiger partial charge is 0.337 e. The number of nitrogens with two attached hydrogens (primary N) is 1. The van der Waals surface area contributed by atoms with Crippen molar-refractivity contribution in [3.8, 4) is 0 Å². The molecule has 6 nitrogen and oxygen atoms in total. The lowest BCUT2D eigenvalue weighted by Crippen LogP contribution is -2.30. The van der Waals surface area contributed by atoms with Gasteiger partial charge in [0.05, 0.1) is 4.90 Å². The zero-order chi connectivity index (χ0) is 15.9. The van der Waals surface area contributed by atoms with Crippen LogP contribution in [0, 0.1) is 0 Å². The summed E-state index contributed by atoms with van der Waals surface area (Å²) in [7, 11) is -3.83. The van der Waals surface area contributed by atoms with Crippen LogP contribution in [-0.2, 0) is 16.4 Å². The molecule has 0 aliphatic carbocycles. The molecule has 0 fully saturated rings. The minimum absolute atomic E-state index is 0.0473. The molecule has 21 heavy (non-hydrogen) atoms. The second-order valence-electron chi connectivity index (χ2n) is 4.50. The van der Waals surface area contributed by atoms with Gasteiger partial charge in [-0.05, 0) is 30.5 Å². The molecule has 0 aliphatic rings. The number of carbonyl (C=O) groups is 1. The number of rotatable bonds is 7. The molecular formula is C13H20ClN3O3S. The summed E-state index contributed by atoms with van der Waals surface area (Å²) in [6.07, 6.45) is 2.22. The highest BCUT2D eigenvalue weighted by atomic mass is 35.5. The molecule has 8 heteroatoms. The average molecular weight is 334 g/mol. The van der Waals surface area contributed by atoms with E-state index in [0.717, 1.165) is 12.8 Å². The number of halogens is 1. The van der Waals surface area contributed by atoms with Gasteiger partial charge in [0.25, 0.3) is 0 Å². The third kappa shape index (κ3) is 5.53. The van der Waals surface area contributed by atoms with E-state index in [2.05, 4.69) is 10.6 Å². The highest BCUT2D eigenvalue weighted by molar-refractivity contribution is 7.89. The minimum atomic E-state index is -3.83. The standard InChI is InChI=1S/C13H20ClN3O3S/c1-2-3-5-10-11(17-13(18)16-9-8-14)6-4-7-12(10)21(15,19)20/h4,6-7H,2-3,5,8-9H2,1H3,(H2,15,19,20)(H2,16,17,18). The van der Waals surface area contributed by atoms with Gasteiger partial charge in [-0.2, -0.15) is 0 Å². The molecule has 0 saturated heterocycles. The maximum atomic E-state index is 11.7. The van der Waals surface area contributed by atoms with Crippen LogP contribution in [0.2, 0.25) is 0 Å². The molecule has 0 bridgehead atoms. The van der Waals surface area contributed by atoms with Crippen LogP contribution >= 0.6 is 11.6 Å². The molecule has 118 valence electrons. The summed E-state index contributed by atoms with van der Waals surface area (Å²) in [6, 6.07) is 4.22. The van der Waals surface area contributed by atoms with E-state index >= 15 is 0 Å². The second kappa shape index (κ2) is 8.21. The third-order valence-corrected chi connectivity index (χ3v) is 4.03. The van der Waals surface area contributed by atoms with E-state index in [1.807, 2.05) is 6.92 Å². The topological polar surface area (TPSA) is 101 Å². The van der Waals surface area contributed by atoms with Crippen LogP contribution in [0.5, 0.6) is 0 Å². The Bertz CT molecular complexity index is 590. The highest BCUT2D eigenvalue weighted by Gasteiger charge is 2.17. The van der Waals surface area contributed by atoms with Crippen molar-refractivity contribution in [3.05, 3.63) is 23.8 Å². The molecule has 1 rings (SSSR count). The number of benzene rings is 1. The number of unbranched alkanes of at least 4 members (excludes halogenated alkanes) is 1. The monoisotopic (exact) mass is 333 g/mol. The predicted octanol–water partition coefficient (Wildman–Crippen LogP) is 2.04. The van der Waals surface area contributed by atoms with Crippen molar-refractivity contribution < 1.29 is 13.2 Å². The fourth-order valence-corrected chi connectivity index (χ4v) is 2.81. The van der Waals surface area contributed by atoms with Crippen LogP contribution in [-0.4, -0.2) is 26.9 Å². The van der Waals surface area contributed by atoms with Crippen molar-refractivity contribution >= 4 is 33.3 Å². The molecule has 0 unspecified atom stereocenters. The van der Waals surface area contributed by atoms with E-state index in [1.54, 1.807) is 12.1 Å². The Morgan fingerprint density at radius 2 is 2.10 bits per heavy atom. The number of alkyl halides is 1. The Morgan fingerprint density at radius 1 is 1.38 bits per heavy atom. The van der Waals surface area contributed by atoms with Crippen LogP contribution in [0.25, 0.3) is 0 Å². The van der Waals surface area contributed by atoms with Gasteiger partial charge in [0.1, 0.15) is 0 Å². The summed E-state index contributed by atoms with van der Waals surface area (Å²) >= 11 is 5.50. The Labute approximate surface area is 130 Å². The van der Waals surface area contributed by atoms with Crippen LogP contribution in [0.1, 0.15) is 25.3 Å². The number of anilines is 1. The van der Waals surface area contributed by atoms with E-state index < -0.39 is 16.1 Å². The van der Waals surface area contributed by atoms with E-state index in [0.29, 0.717) is 30.1 Å². The first-order chi connectivity index (χ1) is 9.90. The first-order valence-electron chi connectivity index (χ1n) is 6.65. The third-order valence-electron chi connectivity index (χ3n) is 2.85. The van der Waals surface area contributed by atoms with Gasteiger partial charge >= 0.3 is 6.03 Å². The van der Waals surface area contributed by atoms with Crippen molar-refractivity contribution in [1.82, 2.24) is 5.32 Å². The zero-order valence-electron chi connectivity index (χ0n) is 11.9. The molecule has 0 spiro atoms. The Morgan fingerprint density at radius 3 is 2.67 bits per heavy atom. The minimum Gasteiger partial charge on any atom is -0.337 e. The van der Waals surface area contributed by atoms with Gasteiger partial charge in [0.15, 0.2) is 0 Å². The van der Waals surface area contributed by atoms with E-state index in [4.69, 9.17) is 16.7 Å². The van der Waals surface area contributed by atoms with Gasteiger partial charge in [-0.15, -0.1) is 11.6 Å². The fraction of sp³-hybridized carbons (Fsp3) is 0.462. The van der Waals surface area contributed by atoms with E-state index in [1.165, 1.54) is 6.07 Å². The van der Waals surface area contributed by atoms with Crippen molar-refractivity contribution in [2.24, 2.45) is 5.14 Å². The molecule has 0 heterocycles. The molecule has 2 amide bonds. The number of nitrogens with one attached hydrogen (secondary N) is 2. The normalized spacial score (nSPS) is 11.2. The summed E-state index contributed by atoms with van der Waals surface area (Å²) in [5.74, 6) is 0.299. The predicted molar refractivity (Wildman–Crippen MR) is 84.2 cm³/mol. The lowest BCUT2D eigenvalue weighted by Gasteiger charge is -2.14. The fourth-order valence-electron chi connectivity index (χ4n) is 1.89.